The largest absolute Gasteiger partial charge is 0.302 e. The van der Waals surface area contributed by atoms with E-state index in [1.54, 1.807) is 18.0 Å². The van der Waals surface area contributed by atoms with Crippen molar-refractivity contribution in [1.82, 2.24) is 0 Å². The highest BCUT2D eigenvalue weighted by molar-refractivity contribution is 8.02. The fourth-order valence-corrected chi connectivity index (χ4v) is 1.06. The van der Waals surface area contributed by atoms with Gasteiger partial charge >= 0.3 is 0 Å². The molecular weight excluding hydrogens is 134 g/mol. The lowest BCUT2D eigenvalue weighted by molar-refractivity contribution is -0.108. The van der Waals surface area contributed by atoms with Crippen molar-refractivity contribution in [2.75, 3.05) is 6.26 Å². The number of hydrogen-bond acceptors (Lipinski definition) is 3. The minimum absolute atomic E-state index is 0.0764. The summed E-state index contributed by atoms with van der Waals surface area (Å²) in [6.45, 7) is 0. The lowest BCUT2D eigenvalue weighted by atomic mass is 10.2. The van der Waals surface area contributed by atoms with Crippen molar-refractivity contribution in [1.29, 1.82) is 0 Å². The van der Waals surface area contributed by atoms with E-state index < -0.39 is 0 Å². The molecule has 0 saturated heterocycles. The maximum absolute atomic E-state index is 10.1. The van der Waals surface area contributed by atoms with Crippen LogP contribution in [0.4, 0.5) is 0 Å². The maximum Gasteiger partial charge on any atom is 0.132 e. The first-order chi connectivity index (χ1) is 4.36. The molecule has 0 N–H and O–H groups in total. The Kier molecular flexibility index (Phi) is 2.05. The molecule has 0 spiro atoms. The van der Waals surface area contributed by atoms with Gasteiger partial charge in [0.2, 0.25) is 0 Å². The van der Waals surface area contributed by atoms with E-state index in [2.05, 4.69) is 4.99 Å². The minimum Gasteiger partial charge on any atom is -0.302 e. The molecule has 48 valence electrons. The van der Waals surface area contributed by atoms with Crippen molar-refractivity contribution in [3.8, 4) is 0 Å². The maximum atomic E-state index is 10.1. The van der Waals surface area contributed by atoms with Gasteiger partial charge in [-0.15, -0.1) is 11.8 Å². The molecule has 1 rings (SSSR count). The van der Waals surface area contributed by atoms with Crippen LogP contribution in [0, 0.1) is 5.92 Å². The molecule has 1 aliphatic rings. The first-order valence-corrected chi connectivity index (χ1v) is 3.84. The zero-order valence-electron chi connectivity index (χ0n) is 5.07. The van der Waals surface area contributed by atoms with Gasteiger partial charge in [-0.2, -0.15) is 0 Å². The van der Waals surface area contributed by atoms with Crippen molar-refractivity contribution in [2.24, 2.45) is 10.9 Å². The van der Waals surface area contributed by atoms with E-state index in [-0.39, 0.29) is 5.92 Å². The van der Waals surface area contributed by atoms with E-state index in [1.165, 1.54) is 0 Å². The van der Waals surface area contributed by atoms with Gasteiger partial charge in [0.1, 0.15) is 6.29 Å². The SMILES string of the molecule is CSC1=CC(C=O)C=N1. The van der Waals surface area contributed by atoms with Gasteiger partial charge in [0.05, 0.1) is 10.9 Å². The van der Waals surface area contributed by atoms with Crippen LogP contribution < -0.4 is 0 Å². The summed E-state index contributed by atoms with van der Waals surface area (Å²) in [6, 6.07) is 0. The Labute approximate surface area is 58.0 Å². The summed E-state index contributed by atoms with van der Waals surface area (Å²) in [7, 11) is 0. The predicted molar refractivity (Wildman–Crippen MR) is 39.6 cm³/mol. The number of thioether (sulfide) groups is 1. The first kappa shape index (κ1) is 6.55. The van der Waals surface area contributed by atoms with Crippen LogP contribution in [-0.4, -0.2) is 18.8 Å². The second-order valence-corrected chi connectivity index (χ2v) is 2.53. The normalized spacial score (nSPS) is 24.1. The van der Waals surface area contributed by atoms with Gasteiger partial charge in [0, 0.05) is 6.21 Å². The summed E-state index contributed by atoms with van der Waals surface area (Å²) < 4.78 is 0. The van der Waals surface area contributed by atoms with Crippen LogP contribution in [0.5, 0.6) is 0 Å². The van der Waals surface area contributed by atoms with Crippen molar-refractivity contribution >= 4 is 24.3 Å². The van der Waals surface area contributed by atoms with E-state index in [9.17, 15) is 4.79 Å². The summed E-state index contributed by atoms with van der Waals surface area (Å²) in [5.74, 6) is -0.0764. The average molecular weight is 141 g/mol. The molecule has 0 saturated carbocycles. The highest BCUT2D eigenvalue weighted by Crippen LogP contribution is 2.19. The van der Waals surface area contributed by atoms with Gasteiger partial charge in [-0.3, -0.25) is 4.99 Å². The van der Waals surface area contributed by atoms with Gasteiger partial charge in [-0.1, -0.05) is 0 Å². The van der Waals surface area contributed by atoms with E-state index in [4.69, 9.17) is 0 Å². The van der Waals surface area contributed by atoms with E-state index >= 15 is 0 Å². The third kappa shape index (κ3) is 1.42. The van der Waals surface area contributed by atoms with Gasteiger partial charge in [0.25, 0.3) is 0 Å². The Bertz CT molecular complexity index is 174. The molecule has 0 amide bonds. The van der Waals surface area contributed by atoms with Crippen LogP contribution in [0.15, 0.2) is 16.1 Å². The van der Waals surface area contributed by atoms with Crippen molar-refractivity contribution in [2.45, 2.75) is 0 Å². The van der Waals surface area contributed by atoms with Gasteiger partial charge in [-0.05, 0) is 12.3 Å². The molecule has 9 heavy (non-hydrogen) atoms. The van der Waals surface area contributed by atoms with Crippen molar-refractivity contribution in [3.05, 3.63) is 11.1 Å². The molecule has 0 aromatic rings. The molecule has 0 radical (unpaired) electrons. The molecule has 1 aliphatic heterocycles. The van der Waals surface area contributed by atoms with Crippen molar-refractivity contribution < 1.29 is 4.79 Å². The standard InChI is InChI=1S/C6H7NOS/c1-9-6-2-5(4-8)3-7-6/h2-5H,1H3. The number of aliphatic imine (C=N–C) groups is 1. The molecule has 3 heteroatoms. The molecule has 1 heterocycles. The van der Waals surface area contributed by atoms with Crippen LogP contribution in [0.1, 0.15) is 0 Å². The number of carbonyl (C=O) groups excluding carboxylic acids is 1. The number of rotatable bonds is 2. The van der Waals surface area contributed by atoms with Crippen molar-refractivity contribution in [3.63, 3.8) is 0 Å². The summed E-state index contributed by atoms with van der Waals surface area (Å²) in [6.07, 6.45) is 6.32. The van der Waals surface area contributed by atoms with Crippen LogP contribution in [0.25, 0.3) is 0 Å². The van der Waals surface area contributed by atoms with Gasteiger partial charge < -0.3 is 4.79 Å². The molecule has 0 fully saturated rings. The molecule has 0 aromatic carbocycles. The van der Waals surface area contributed by atoms with Gasteiger partial charge in [-0.25, -0.2) is 0 Å². The van der Waals surface area contributed by atoms with E-state index in [0.29, 0.717) is 0 Å². The topological polar surface area (TPSA) is 29.4 Å². The summed E-state index contributed by atoms with van der Waals surface area (Å²) in [5.41, 5.74) is 0. The van der Waals surface area contributed by atoms with Crippen LogP contribution in [-0.2, 0) is 4.79 Å². The Morgan fingerprint density at radius 3 is 3.00 bits per heavy atom. The number of allylic oxidation sites excluding steroid dienone is 1. The van der Waals surface area contributed by atoms with E-state index in [0.717, 1.165) is 11.3 Å². The predicted octanol–water partition coefficient (Wildman–Crippen LogP) is 1.09. The molecule has 1 atom stereocenters. The summed E-state index contributed by atoms with van der Waals surface area (Å²) in [5, 5.41) is 0.937. The average Bonchev–Trinajstić information content (AvgIpc) is 2.34. The zero-order chi connectivity index (χ0) is 6.69. The number of nitrogens with zero attached hydrogens (tertiary/aromatic N) is 1. The molecule has 0 aliphatic carbocycles. The molecule has 0 aromatic heterocycles. The highest BCUT2D eigenvalue weighted by Gasteiger charge is 2.07. The zero-order valence-corrected chi connectivity index (χ0v) is 5.89. The Morgan fingerprint density at radius 1 is 1.89 bits per heavy atom. The second-order valence-electron chi connectivity index (χ2n) is 1.70. The van der Waals surface area contributed by atoms with Gasteiger partial charge in [0.15, 0.2) is 0 Å². The summed E-state index contributed by atoms with van der Waals surface area (Å²) in [4.78, 5) is 14.1. The molecular formula is C6H7NOS. The highest BCUT2D eigenvalue weighted by atomic mass is 32.2. The lowest BCUT2D eigenvalue weighted by Gasteiger charge is -1.85. The smallest absolute Gasteiger partial charge is 0.132 e. The minimum atomic E-state index is -0.0764. The number of hydrogen-bond donors (Lipinski definition) is 0. The lowest BCUT2D eigenvalue weighted by Crippen LogP contribution is -1.93. The first-order valence-electron chi connectivity index (χ1n) is 2.62. The Morgan fingerprint density at radius 2 is 2.67 bits per heavy atom. The molecule has 2 nitrogen and oxygen atoms in total. The fraction of sp³-hybridized carbons (Fsp3) is 0.333. The molecule has 1 unspecified atom stereocenters. The monoisotopic (exact) mass is 141 g/mol. The fourth-order valence-electron chi connectivity index (χ4n) is 0.605. The number of aldehydes is 1. The third-order valence-electron chi connectivity index (χ3n) is 1.08. The second kappa shape index (κ2) is 2.82. The summed E-state index contributed by atoms with van der Waals surface area (Å²) >= 11 is 1.56. The Balaban J connectivity index is 2.62. The van der Waals surface area contributed by atoms with Crippen LogP contribution >= 0.6 is 11.8 Å². The number of carbonyl (C=O) groups is 1. The third-order valence-corrected chi connectivity index (χ3v) is 1.73. The molecule has 0 bridgehead atoms. The quantitative estimate of drug-likeness (QED) is 0.539. The Hall–Kier alpha value is -0.570. The van der Waals surface area contributed by atoms with Crippen LogP contribution in [0.3, 0.4) is 0 Å². The van der Waals surface area contributed by atoms with Crippen LogP contribution in [0.2, 0.25) is 0 Å². The van der Waals surface area contributed by atoms with E-state index in [1.807, 2.05) is 12.3 Å².